The van der Waals surface area contributed by atoms with Gasteiger partial charge >= 0.3 is 6.03 Å². The molecule has 19 heavy (non-hydrogen) atoms. The summed E-state index contributed by atoms with van der Waals surface area (Å²) in [5, 5.41) is 14.9. The molecule has 0 heterocycles. The second kappa shape index (κ2) is 5.84. The Hall–Kier alpha value is -1.88. The summed E-state index contributed by atoms with van der Waals surface area (Å²) < 4.78 is 0. The van der Waals surface area contributed by atoms with Gasteiger partial charge in [0.1, 0.15) is 0 Å². The molecule has 1 unspecified atom stereocenters. The Balaban J connectivity index is 1.89. The molecule has 102 valence electrons. The van der Waals surface area contributed by atoms with Crippen LogP contribution in [0.15, 0.2) is 24.3 Å². The zero-order chi connectivity index (χ0) is 13.8. The second-order valence-corrected chi connectivity index (χ2v) is 4.84. The SMILES string of the molecule is CC(=O)c1ccccc1NC(=O)NCC(O)C1CC1. The van der Waals surface area contributed by atoms with Crippen molar-refractivity contribution in [2.75, 3.05) is 11.9 Å². The molecule has 3 N–H and O–H groups in total. The molecule has 0 aromatic heterocycles. The monoisotopic (exact) mass is 262 g/mol. The third-order valence-electron chi connectivity index (χ3n) is 3.19. The summed E-state index contributed by atoms with van der Waals surface area (Å²) in [5.74, 6) is 0.221. The molecule has 2 rings (SSSR count). The summed E-state index contributed by atoms with van der Waals surface area (Å²) in [6.07, 6.45) is 1.57. The first-order valence-electron chi connectivity index (χ1n) is 6.41. The molecular weight excluding hydrogens is 244 g/mol. The first-order chi connectivity index (χ1) is 9.08. The number of hydrogen-bond donors (Lipinski definition) is 3. The molecule has 0 saturated heterocycles. The quantitative estimate of drug-likeness (QED) is 0.708. The van der Waals surface area contributed by atoms with Crippen molar-refractivity contribution in [3.63, 3.8) is 0 Å². The number of rotatable bonds is 5. The molecule has 1 aliphatic carbocycles. The summed E-state index contributed by atoms with van der Waals surface area (Å²) in [7, 11) is 0. The van der Waals surface area contributed by atoms with Crippen LogP contribution in [0.1, 0.15) is 30.1 Å². The van der Waals surface area contributed by atoms with Crippen LogP contribution >= 0.6 is 0 Å². The number of hydrogen-bond acceptors (Lipinski definition) is 3. The lowest BCUT2D eigenvalue weighted by Crippen LogP contribution is -2.36. The van der Waals surface area contributed by atoms with Crippen molar-refractivity contribution >= 4 is 17.5 Å². The Morgan fingerprint density at radius 1 is 1.37 bits per heavy atom. The number of Topliss-reactive ketones (excluding diaryl/α,β-unsaturated/α-hetero) is 1. The van der Waals surface area contributed by atoms with Crippen molar-refractivity contribution in [3.05, 3.63) is 29.8 Å². The van der Waals surface area contributed by atoms with Gasteiger partial charge in [-0.1, -0.05) is 12.1 Å². The molecule has 1 atom stereocenters. The Morgan fingerprint density at radius 3 is 2.68 bits per heavy atom. The smallest absolute Gasteiger partial charge is 0.319 e. The highest BCUT2D eigenvalue weighted by molar-refractivity contribution is 6.03. The van der Waals surface area contributed by atoms with Crippen molar-refractivity contribution in [1.82, 2.24) is 5.32 Å². The van der Waals surface area contributed by atoms with E-state index in [1.807, 2.05) is 0 Å². The second-order valence-electron chi connectivity index (χ2n) is 4.84. The number of aliphatic hydroxyl groups excluding tert-OH is 1. The number of carbonyl (C=O) groups excluding carboxylic acids is 2. The van der Waals surface area contributed by atoms with Crippen LogP contribution in [0.2, 0.25) is 0 Å². The van der Waals surface area contributed by atoms with Gasteiger partial charge in [0.05, 0.1) is 11.8 Å². The number of anilines is 1. The Bertz CT molecular complexity index is 483. The minimum absolute atomic E-state index is 0.103. The normalized spacial score (nSPS) is 15.7. The molecule has 1 fully saturated rings. The zero-order valence-corrected chi connectivity index (χ0v) is 10.8. The molecule has 5 heteroatoms. The molecule has 2 amide bonds. The van der Waals surface area contributed by atoms with Gasteiger partial charge in [-0.05, 0) is 37.8 Å². The van der Waals surface area contributed by atoms with E-state index in [1.165, 1.54) is 6.92 Å². The molecule has 0 radical (unpaired) electrons. The van der Waals surface area contributed by atoms with Crippen molar-refractivity contribution in [2.45, 2.75) is 25.9 Å². The first kappa shape index (κ1) is 13.5. The topological polar surface area (TPSA) is 78.4 Å². The highest BCUT2D eigenvalue weighted by Gasteiger charge is 2.29. The van der Waals surface area contributed by atoms with Crippen LogP contribution in [0, 0.1) is 5.92 Å². The first-order valence-corrected chi connectivity index (χ1v) is 6.41. The van der Waals surface area contributed by atoms with Crippen LogP contribution in [0.25, 0.3) is 0 Å². The number of urea groups is 1. The number of para-hydroxylation sites is 1. The van der Waals surface area contributed by atoms with Gasteiger partial charge in [0.2, 0.25) is 0 Å². The molecule has 0 spiro atoms. The molecule has 1 aromatic carbocycles. The maximum absolute atomic E-state index is 11.7. The Labute approximate surface area is 112 Å². The fourth-order valence-electron chi connectivity index (χ4n) is 1.91. The van der Waals surface area contributed by atoms with E-state index in [0.717, 1.165) is 12.8 Å². The maximum atomic E-state index is 11.7. The van der Waals surface area contributed by atoms with Crippen LogP contribution in [-0.2, 0) is 0 Å². The van der Waals surface area contributed by atoms with Gasteiger partial charge in [-0.25, -0.2) is 4.79 Å². The lowest BCUT2D eigenvalue weighted by molar-refractivity contribution is 0.101. The molecule has 1 aromatic rings. The maximum Gasteiger partial charge on any atom is 0.319 e. The van der Waals surface area contributed by atoms with E-state index < -0.39 is 12.1 Å². The Morgan fingerprint density at radius 2 is 2.05 bits per heavy atom. The zero-order valence-electron chi connectivity index (χ0n) is 10.8. The van der Waals surface area contributed by atoms with Gasteiger partial charge in [0, 0.05) is 12.1 Å². The summed E-state index contributed by atoms with van der Waals surface area (Å²) >= 11 is 0. The third kappa shape index (κ3) is 3.79. The fraction of sp³-hybridized carbons (Fsp3) is 0.429. The minimum atomic E-state index is -0.478. The van der Waals surface area contributed by atoms with Crippen molar-refractivity contribution in [1.29, 1.82) is 0 Å². The van der Waals surface area contributed by atoms with Crippen molar-refractivity contribution in [3.8, 4) is 0 Å². The van der Waals surface area contributed by atoms with Crippen LogP contribution < -0.4 is 10.6 Å². The number of ketones is 1. The van der Waals surface area contributed by atoms with Gasteiger partial charge in [-0.2, -0.15) is 0 Å². The highest BCUT2D eigenvalue weighted by atomic mass is 16.3. The van der Waals surface area contributed by atoms with E-state index >= 15 is 0 Å². The number of aliphatic hydroxyl groups is 1. The van der Waals surface area contributed by atoms with Gasteiger partial charge in [-0.15, -0.1) is 0 Å². The average Bonchev–Trinajstić information content (AvgIpc) is 3.20. The van der Waals surface area contributed by atoms with Gasteiger partial charge in [0.15, 0.2) is 5.78 Å². The molecule has 1 aliphatic rings. The van der Waals surface area contributed by atoms with Crippen LogP contribution in [0.5, 0.6) is 0 Å². The van der Waals surface area contributed by atoms with Gasteiger partial charge in [0.25, 0.3) is 0 Å². The molecule has 1 saturated carbocycles. The standard InChI is InChI=1S/C14H18N2O3/c1-9(17)11-4-2-3-5-12(11)16-14(19)15-8-13(18)10-6-7-10/h2-5,10,13,18H,6-8H2,1H3,(H2,15,16,19). The van der Waals surface area contributed by atoms with Gasteiger partial charge < -0.3 is 15.7 Å². The summed E-state index contributed by atoms with van der Waals surface area (Å²) in [4.78, 5) is 23.1. The molecule has 0 aliphatic heterocycles. The average molecular weight is 262 g/mol. The molecule has 5 nitrogen and oxygen atoms in total. The number of benzene rings is 1. The Kier molecular flexibility index (Phi) is 4.16. The molecular formula is C14H18N2O3. The lowest BCUT2D eigenvalue weighted by atomic mass is 10.1. The number of carbonyl (C=O) groups is 2. The van der Waals surface area contributed by atoms with E-state index in [1.54, 1.807) is 24.3 Å². The van der Waals surface area contributed by atoms with Crippen LogP contribution in [-0.4, -0.2) is 29.6 Å². The predicted octanol–water partition coefficient (Wildman–Crippen LogP) is 1.78. The van der Waals surface area contributed by atoms with E-state index in [4.69, 9.17) is 0 Å². The summed E-state index contributed by atoms with van der Waals surface area (Å²) in [6, 6.07) is 6.43. The fourth-order valence-corrected chi connectivity index (χ4v) is 1.91. The highest BCUT2D eigenvalue weighted by Crippen LogP contribution is 2.32. The number of amides is 2. The number of nitrogens with one attached hydrogen (secondary N) is 2. The van der Waals surface area contributed by atoms with Gasteiger partial charge in [-0.3, -0.25) is 4.79 Å². The van der Waals surface area contributed by atoms with Crippen LogP contribution in [0.4, 0.5) is 10.5 Å². The van der Waals surface area contributed by atoms with Crippen LogP contribution in [0.3, 0.4) is 0 Å². The van der Waals surface area contributed by atoms with E-state index in [0.29, 0.717) is 17.2 Å². The van der Waals surface area contributed by atoms with Crippen molar-refractivity contribution < 1.29 is 14.7 Å². The third-order valence-corrected chi connectivity index (χ3v) is 3.19. The van der Waals surface area contributed by atoms with E-state index in [9.17, 15) is 14.7 Å². The summed E-state index contributed by atoms with van der Waals surface area (Å²) in [6.45, 7) is 1.69. The lowest BCUT2D eigenvalue weighted by Gasteiger charge is -2.13. The van der Waals surface area contributed by atoms with Crippen molar-refractivity contribution in [2.24, 2.45) is 5.92 Å². The summed E-state index contributed by atoms with van der Waals surface area (Å²) in [5.41, 5.74) is 0.953. The predicted molar refractivity (Wildman–Crippen MR) is 72.2 cm³/mol. The van der Waals surface area contributed by atoms with E-state index in [-0.39, 0.29) is 12.3 Å². The minimum Gasteiger partial charge on any atom is -0.391 e. The molecule has 0 bridgehead atoms. The van der Waals surface area contributed by atoms with E-state index in [2.05, 4.69) is 10.6 Å². The largest absolute Gasteiger partial charge is 0.391 e.